The Bertz CT molecular complexity index is 478. The number of piperidine rings is 1. The second-order valence-electron chi connectivity index (χ2n) is 5.60. The number of rotatable bonds is 3. The lowest BCUT2D eigenvalue weighted by molar-refractivity contribution is -0.150. The monoisotopic (exact) mass is 280 g/mol. The van der Waals surface area contributed by atoms with Crippen LogP contribution in [0.25, 0.3) is 0 Å². The molecule has 2 amide bonds. The maximum Gasteiger partial charge on any atom is 0.320 e. The van der Waals surface area contributed by atoms with Gasteiger partial charge < -0.3 is 14.9 Å². The Balaban J connectivity index is 1.90. The molecule has 0 saturated carbocycles. The highest BCUT2D eigenvalue weighted by molar-refractivity contribution is 5.77. The molecule has 7 nitrogen and oxygen atoms in total. The Morgan fingerprint density at radius 3 is 2.65 bits per heavy atom. The summed E-state index contributed by atoms with van der Waals surface area (Å²) < 4.78 is 0. The Morgan fingerprint density at radius 2 is 2.15 bits per heavy atom. The molecule has 0 unspecified atom stereocenters. The zero-order chi connectivity index (χ0) is 14.8. The lowest BCUT2D eigenvalue weighted by Crippen LogP contribution is -2.48. The molecule has 0 bridgehead atoms. The Labute approximate surface area is 117 Å². The van der Waals surface area contributed by atoms with Gasteiger partial charge in [0.2, 0.25) is 0 Å². The van der Waals surface area contributed by atoms with Crippen molar-refractivity contribution in [1.29, 1.82) is 0 Å². The average Bonchev–Trinajstić information content (AvgIpc) is 2.91. The Morgan fingerprint density at radius 1 is 1.50 bits per heavy atom. The van der Waals surface area contributed by atoms with Crippen molar-refractivity contribution >= 4 is 12.0 Å². The van der Waals surface area contributed by atoms with Crippen LogP contribution in [-0.4, -0.2) is 57.2 Å². The van der Waals surface area contributed by atoms with Crippen LogP contribution < -0.4 is 0 Å². The molecule has 2 rings (SSSR count). The fraction of sp³-hybridized carbons (Fsp3) is 0.615. The van der Waals surface area contributed by atoms with Gasteiger partial charge in [-0.1, -0.05) is 0 Å². The van der Waals surface area contributed by atoms with E-state index in [2.05, 4.69) is 10.2 Å². The smallest absolute Gasteiger partial charge is 0.320 e. The van der Waals surface area contributed by atoms with Crippen LogP contribution in [0.1, 0.15) is 25.3 Å². The molecule has 2 heterocycles. The molecular formula is C13H20N4O3. The average molecular weight is 280 g/mol. The summed E-state index contributed by atoms with van der Waals surface area (Å²) in [7, 11) is 1.74. The number of carboxylic acid groups (broad SMARTS) is 1. The zero-order valence-corrected chi connectivity index (χ0v) is 11.8. The van der Waals surface area contributed by atoms with Crippen LogP contribution in [0.3, 0.4) is 0 Å². The van der Waals surface area contributed by atoms with E-state index in [0.29, 0.717) is 32.5 Å². The number of nitrogens with one attached hydrogen (secondary N) is 1. The molecular weight excluding hydrogens is 260 g/mol. The number of aromatic nitrogens is 2. The van der Waals surface area contributed by atoms with Crippen LogP contribution in [0.2, 0.25) is 0 Å². The van der Waals surface area contributed by atoms with E-state index in [0.717, 1.165) is 5.56 Å². The minimum absolute atomic E-state index is 0.0707. The van der Waals surface area contributed by atoms with Crippen molar-refractivity contribution < 1.29 is 14.7 Å². The van der Waals surface area contributed by atoms with Gasteiger partial charge in [-0.05, 0) is 19.8 Å². The minimum Gasteiger partial charge on any atom is -0.481 e. The molecule has 0 radical (unpaired) electrons. The maximum absolute atomic E-state index is 12.3. The molecule has 1 aromatic heterocycles. The highest BCUT2D eigenvalue weighted by Gasteiger charge is 2.38. The van der Waals surface area contributed by atoms with Crippen molar-refractivity contribution in [3.8, 4) is 0 Å². The van der Waals surface area contributed by atoms with E-state index in [9.17, 15) is 14.7 Å². The normalized spacial score (nSPS) is 17.8. The number of likely N-dealkylation sites (tertiary alicyclic amines) is 1. The SMILES string of the molecule is CN(Cc1cn[nH]c1)C(=O)N1CCC(C)(C(=O)O)CC1. The van der Waals surface area contributed by atoms with Gasteiger partial charge in [-0.3, -0.25) is 9.89 Å². The fourth-order valence-electron chi connectivity index (χ4n) is 2.35. The molecule has 1 fully saturated rings. The molecule has 1 aliphatic heterocycles. The number of H-pyrrole nitrogens is 1. The highest BCUT2D eigenvalue weighted by Crippen LogP contribution is 2.31. The van der Waals surface area contributed by atoms with E-state index in [1.165, 1.54) is 0 Å². The van der Waals surface area contributed by atoms with Gasteiger partial charge in [-0.2, -0.15) is 5.10 Å². The van der Waals surface area contributed by atoms with Gasteiger partial charge in [0, 0.05) is 31.9 Å². The number of urea groups is 1. The largest absolute Gasteiger partial charge is 0.481 e. The number of amides is 2. The van der Waals surface area contributed by atoms with Crippen LogP contribution >= 0.6 is 0 Å². The maximum atomic E-state index is 12.3. The molecule has 0 aliphatic carbocycles. The van der Waals surface area contributed by atoms with E-state index in [1.807, 2.05) is 0 Å². The van der Waals surface area contributed by atoms with Crippen LogP contribution in [0.15, 0.2) is 12.4 Å². The third-order valence-electron chi connectivity index (χ3n) is 3.95. The van der Waals surface area contributed by atoms with Gasteiger partial charge in [-0.15, -0.1) is 0 Å². The zero-order valence-electron chi connectivity index (χ0n) is 11.8. The van der Waals surface area contributed by atoms with Crippen LogP contribution in [-0.2, 0) is 11.3 Å². The summed E-state index contributed by atoms with van der Waals surface area (Å²) in [5.41, 5.74) is 0.230. The second-order valence-corrected chi connectivity index (χ2v) is 5.60. The second kappa shape index (κ2) is 5.52. The van der Waals surface area contributed by atoms with E-state index in [4.69, 9.17) is 0 Å². The summed E-state index contributed by atoms with van der Waals surface area (Å²) in [6.45, 7) is 3.20. The molecule has 0 atom stereocenters. The molecule has 110 valence electrons. The minimum atomic E-state index is -0.781. The van der Waals surface area contributed by atoms with E-state index in [-0.39, 0.29) is 6.03 Å². The number of carbonyl (C=O) groups excluding carboxylic acids is 1. The quantitative estimate of drug-likeness (QED) is 0.869. The van der Waals surface area contributed by atoms with E-state index in [1.54, 1.807) is 36.2 Å². The first kappa shape index (κ1) is 14.4. The standard InChI is InChI=1S/C13H20N4O3/c1-13(11(18)19)3-5-17(6-4-13)12(20)16(2)9-10-7-14-15-8-10/h7-8H,3-6,9H2,1-2H3,(H,14,15)(H,18,19). The third-order valence-corrected chi connectivity index (χ3v) is 3.95. The van der Waals surface area contributed by atoms with Crippen molar-refractivity contribution in [2.75, 3.05) is 20.1 Å². The lowest BCUT2D eigenvalue weighted by atomic mass is 9.80. The van der Waals surface area contributed by atoms with Gasteiger partial charge in [-0.25, -0.2) is 4.79 Å². The third kappa shape index (κ3) is 2.92. The molecule has 7 heteroatoms. The number of hydrogen-bond acceptors (Lipinski definition) is 3. The molecule has 1 aromatic rings. The van der Waals surface area contributed by atoms with Gasteiger partial charge >= 0.3 is 12.0 Å². The van der Waals surface area contributed by atoms with Crippen molar-refractivity contribution in [2.45, 2.75) is 26.3 Å². The molecule has 0 aromatic carbocycles. The highest BCUT2D eigenvalue weighted by atomic mass is 16.4. The number of nitrogens with zero attached hydrogens (tertiary/aromatic N) is 3. The van der Waals surface area contributed by atoms with Gasteiger partial charge in [0.25, 0.3) is 0 Å². The van der Waals surface area contributed by atoms with Crippen molar-refractivity contribution in [2.24, 2.45) is 5.41 Å². The van der Waals surface area contributed by atoms with E-state index < -0.39 is 11.4 Å². The number of aliphatic carboxylic acids is 1. The topological polar surface area (TPSA) is 89.5 Å². The molecule has 2 N–H and O–H groups in total. The fourth-order valence-corrected chi connectivity index (χ4v) is 2.35. The number of carbonyl (C=O) groups is 2. The first-order chi connectivity index (χ1) is 9.42. The Hall–Kier alpha value is -2.05. The summed E-state index contributed by atoms with van der Waals surface area (Å²) in [5.74, 6) is -0.781. The van der Waals surface area contributed by atoms with Crippen LogP contribution in [0.5, 0.6) is 0 Å². The first-order valence-corrected chi connectivity index (χ1v) is 6.63. The van der Waals surface area contributed by atoms with Crippen LogP contribution in [0.4, 0.5) is 4.79 Å². The number of hydrogen-bond donors (Lipinski definition) is 2. The summed E-state index contributed by atoms with van der Waals surface area (Å²) in [4.78, 5) is 26.8. The van der Waals surface area contributed by atoms with E-state index >= 15 is 0 Å². The summed E-state index contributed by atoms with van der Waals surface area (Å²) in [5, 5.41) is 15.7. The first-order valence-electron chi connectivity index (χ1n) is 6.63. The molecule has 1 aliphatic rings. The summed E-state index contributed by atoms with van der Waals surface area (Å²) >= 11 is 0. The summed E-state index contributed by atoms with van der Waals surface area (Å²) in [6.07, 6.45) is 4.42. The molecule has 0 spiro atoms. The summed E-state index contributed by atoms with van der Waals surface area (Å²) in [6, 6.07) is -0.0707. The van der Waals surface area contributed by atoms with Crippen molar-refractivity contribution in [3.63, 3.8) is 0 Å². The van der Waals surface area contributed by atoms with Gasteiger partial charge in [0.05, 0.1) is 18.2 Å². The number of carboxylic acids is 1. The predicted molar refractivity (Wildman–Crippen MR) is 72.0 cm³/mol. The molecule has 20 heavy (non-hydrogen) atoms. The Kier molecular flexibility index (Phi) is 3.96. The van der Waals surface area contributed by atoms with Crippen LogP contribution in [0, 0.1) is 5.41 Å². The van der Waals surface area contributed by atoms with Crippen molar-refractivity contribution in [3.05, 3.63) is 18.0 Å². The van der Waals surface area contributed by atoms with Gasteiger partial charge in [0.15, 0.2) is 0 Å². The molecule has 1 saturated heterocycles. The predicted octanol–water partition coefficient (Wildman–Crippen LogP) is 1.15. The van der Waals surface area contributed by atoms with Gasteiger partial charge in [0.1, 0.15) is 0 Å². The lowest BCUT2D eigenvalue weighted by Gasteiger charge is -2.38. The van der Waals surface area contributed by atoms with Crippen molar-refractivity contribution in [1.82, 2.24) is 20.0 Å². The number of aromatic amines is 1.